The smallest absolute Gasteiger partial charge is 0.227 e. The number of nitrogens with zero attached hydrogens (tertiary/aromatic N) is 7. The van der Waals surface area contributed by atoms with Crippen molar-refractivity contribution >= 4 is 27.2 Å². The van der Waals surface area contributed by atoms with Crippen LogP contribution in [-0.2, 0) is 16.4 Å². The van der Waals surface area contributed by atoms with Gasteiger partial charge in [0, 0.05) is 18.2 Å². The number of aromatic nitrogens is 5. The molecule has 1 atom stereocenters. The van der Waals surface area contributed by atoms with Crippen molar-refractivity contribution in [1.82, 2.24) is 24.9 Å². The number of pyridine rings is 1. The van der Waals surface area contributed by atoms with Crippen LogP contribution in [0.4, 0.5) is 11.5 Å². The lowest BCUT2D eigenvalue weighted by atomic mass is 10.1. The molecule has 0 amide bonds. The molecule has 39 heavy (non-hydrogen) atoms. The molecule has 2 fully saturated rings. The molecule has 0 aromatic carbocycles. The molecule has 0 bridgehead atoms. The molecule has 1 unspecified atom stereocenters. The molecule has 6 rings (SSSR count). The number of nitrogens with one attached hydrogen (secondary N) is 1. The number of methoxy groups -OCH3 is 1. The highest BCUT2D eigenvalue weighted by Gasteiger charge is 2.37. The van der Waals surface area contributed by atoms with Gasteiger partial charge in [0.25, 0.3) is 0 Å². The fourth-order valence-electron chi connectivity index (χ4n) is 4.93. The van der Waals surface area contributed by atoms with Crippen LogP contribution in [-0.4, -0.2) is 64.6 Å². The molecule has 2 aliphatic carbocycles. The first kappa shape index (κ1) is 25.6. The lowest BCUT2D eigenvalue weighted by molar-refractivity contribution is 0.397. The van der Waals surface area contributed by atoms with Gasteiger partial charge in [-0.1, -0.05) is 13.0 Å². The Morgan fingerprint density at radius 2 is 1.95 bits per heavy atom. The Morgan fingerprint density at radius 1 is 1.13 bits per heavy atom. The van der Waals surface area contributed by atoms with Crippen molar-refractivity contribution in [2.45, 2.75) is 63.1 Å². The minimum atomic E-state index is -3.33. The first-order valence-corrected chi connectivity index (χ1v) is 15.0. The summed E-state index contributed by atoms with van der Waals surface area (Å²) in [5.74, 6) is 3.72. The topological polar surface area (TPSA) is 135 Å². The van der Waals surface area contributed by atoms with Crippen LogP contribution in [0.25, 0.3) is 11.4 Å². The van der Waals surface area contributed by atoms with Crippen LogP contribution in [0, 0.1) is 5.92 Å². The predicted molar refractivity (Wildman–Crippen MR) is 148 cm³/mol. The van der Waals surface area contributed by atoms with Crippen molar-refractivity contribution in [3.05, 3.63) is 42.1 Å². The van der Waals surface area contributed by atoms with Gasteiger partial charge in [-0.2, -0.15) is 0 Å². The van der Waals surface area contributed by atoms with E-state index >= 15 is 0 Å². The molecule has 0 radical (unpaired) electrons. The third-order valence-electron chi connectivity index (χ3n) is 7.61. The van der Waals surface area contributed by atoms with Gasteiger partial charge in [-0.3, -0.25) is 4.99 Å². The zero-order valence-electron chi connectivity index (χ0n) is 22.3. The van der Waals surface area contributed by atoms with Crippen molar-refractivity contribution in [2.75, 3.05) is 29.6 Å². The second-order valence-electron chi connectivity index (χ2n) is 10.4. The van der Waals surface area contributed by atoms with E-state index in [0.29, 0.717) is 36.6 Å². The number of hydrogen-bond acceptors (Lipinski definition) is 10. The summed E-state index contributed by atoms with van der Waals surface area (Å²) >= 11 is 0. The van der Waals surface area contributed by atoms with E-state index in [2.05, 4.69) is 32.1 Å². The maximum Gasteiger partial charge on any atom is 0.227 e. The van der Waals surface area contributed by atoms with E-state index in [9.17, 15) is 8.42 Å². The highest BCUT2D eigenvalue weighted by molar-refractivity contribution is 7.91. The summed E-state index contributed by atoms with van der Waals surface area (Å²) < 4.78 is 29.7. The molecule has 1 aliphatic heterocycles. The van der Waals surface area contributed by atoms with Crippen LogP contribution >= 0.6 is 0 Å². The van der Waals surface area contributed by atoms with Gasteiger partial charge in [0.1, 0.15) is 23.4 Å². The third kappa shape index (κ3) is 5.17. The second kappa shape index (κ2) is 10.1. The van der Waals surface area contributed by atoms with Crippen LogP contribution in [0.15, 0.2) is 40.9 Å². The summed E-state index contributed by atoms with van der Waals surface area (Å²) in [5, 5.41) is 3.51. The SMILES string of the molecule is CCS(=O)(=O)c1ccc(CN=C2CN(C(C)C3CC3)c3nc(-c4c(OC)ncnc4C4CC4)ncc3N2)cn1. The Balaban J connectivity index is 1.31. The van der Waals surface area contributed by atoms with Crippen LogP contribution < -0.4 is 15.0 Å². The van der Waals surface area contributed by atoms with Gasteiger partial charge in [0.2, 0.25) is 5.88 Å². The van der Waals surface area contributed by atoms with Gasteiger partial charge < -0.3 is 15.0 Å². The Morgan fingerprint density at radius 3 is 2.62 bits per heavy atom. The zero-order chi connectivity index (χ0) is 27.1. The van der Waals surface area contributed by atoms with Crippen LogP contribution in [0.3, 0.4) is 0 Å². The Kier molecular flexibility index (Phi) is 6.66. The summed E-state index contributed by atoms with van der Waals surface area (Å²) in [6, 6.07) is 3.60. The first-order chi connectivity index (χ1) is 18.9. The number of hydrogen-bond donors (Lipinski definition) is 1. The minimum Gasteiger partial charge on any atom is -0.480 e. The van der Waals surface area contributed by atoms with Crippen molar-refractivity contribution in [3.63, 3.8) is 0 Å². The maximum atomic E-state index is 12.1. The number of rotatable bonds is 9. The Bertz CT molecular complexity index is 1520. The molecule has 204 valence electrons. The van der Waals surface area contributed by atoms with E-state index in [1.165, 1.54) is 12.8 Å². The monoisotopic (exact) mass is 548 g/mol. The van der Waals surface area contributed by atoms with E-state index in [1.807, 2.05) is 0 Å². The average molecular weight is 549 g/mol. The first-order valence-electron chi connectivity index (χ1n) is 13.4. The maximum absolute atomic E-state index is 12.1. The fourth-order valence-corrected chi connectivity index (χ4v) is 5.71. The van der Waals surface area contributed by atoms with Crippen molar-refractivity contribution in [1.29, 1.82) is 0 Å². The number of anilines is 2. The van der Waals surface area contributed by atoms with Crippen molar-refractivity contribution in [3.8, 4) is 17.3 Å². The summed E-state index contributed by atoms with van der Waals surface area (Å²) in [7, 11) is -1.72. The Labute approximate surface area is 228 Å². The van der Waals surface area contributed by atoms with E-state index in [-0.39, 0.29) is 16.8 Å². The molecule has 0 saturated heterocycles. The lowest BCUT2D eigenvalue weighted by Crippen LogP contribution is -2.45. The molecule has 2 saturated carbocycles. The zero-order valence-corrected chi connectivity index (χ0v) is 23.1. The molecular formula is C27H32N8O3S. The summed E-state index contributed by atoms with van der Waals surface area (Å²) in [6.07, 6.45) is 9.52. The molecule has 12 heteroatoms. The lowest BCUT2D eigenvalue weighted by Gasteiger charge is -2.36. The summed E-state index contributed by atoms with van der Waals surface area (Å²) in [4.78, 5) is 29.9. The van der Waals surface area contributed by atoms with E-state index in [1.54, 1.807) is 44.9 Å². The van der Waals surface area contributed by atoms with E-state index < -0.39 is 9.84 Å². The molecule has 3 aromatic heterocycles. The largest absolute Gasteiger partial charge is 0.480 e. The number of fused-ring (bicyclic) bond motifs is 1. The minimum absolute atomic E-state index is 0.0236. The van der Waals surface area contributed by atoms with Crippen molar-refractivity contribution in [2.24, 2.45) is 10.9 Å². The molecule has 1 N–H and O–H groups in total. The average Bonchev–Trinajstić information content (AvgIpc) is 3.88. The normalized spacial score (nSPS) is 18.9. The highest BCUT2D eigenvalue weighted by Crippen LogP contribution is 2.46. The molecule has 4 heterocycles. The quantitative estimate of drug-likeness (QED) is 0.422. The standard InChI is InChI=1S/C27H32N8O3S/c1-4-39(36,37)22-10-5-17(12-29-22)11-28-21-14-35(16(2)18-6-7-18)26-20(33-21)13-30-25(34-26)23-24(19-8-9-19)31-15-32-27(23)38-3/h5,10,12-13,15-16,18-19H,4,6-9,11,14H2,1-3H3,(H,28,33). The van der Waals surface area contributed by atoms with Gasteiger partial charge in [-0.05, 0) is 50.2 Å². The van der Waals surface area contributed by atoms with Crippen LogP contribution in [0.2, 0.25) is 0 Å². The molecule has 11 nitrogen and oxygen atoms in total. The molecule has 3 aliphatic rings. The van der Waals surface area contributed by atoms with Gasteiger partial charge in [-0.25, -0.2) is 33.3 Å². The summed E-state index contributed by atoms with van der Waals surface area (Å²) in [6.45, 7) is 4.81. The molecular weight excluding hydrogens is 516 g/mol. The predicted octanol–water partition coefficient (Wildman–Crippen LogP) is 3.64. The summed E-state index contributed by atoms with van der Waals surface area (Å²) in [5.41, 5.74) is 3.34. The van der Waals surface area contributed by atoms with Crippen molar-refractivity contribution < 1.29 is 13.2 Å². The van der Waals surface area contributed by atoms with Crippen LogP contribution in [0.1, 0.15) is 56.7 Å². The number of amidine groups is 1. The fraction of sp³-hybridized carbons (Fsp3) is 0.481. The molecule has 3 aromatic rings. The number of ether oxygens (including phenoxy) is 1. The highest BCUT2D eigenvalue weighted by atomic mass is 32.2. The van der Waals surface area contributed by atoms with Gasteiger partial charge in [0.15, 0.2) is 26.5 Å². The third-order valence-corrected chi connectivity index (χ3v) is 9.25. The van der Waals surface area contributed by atoms with Crippen LogP contribution in [0.5, 0.6) is 5.88 Å². The molecule has 0 spiro atoms. The number of aliphatic imine (C=N–C) groups is 1. The van der Waals surface area contributed by atoms with Gasteiger partial charge >= 0.3 is 0 Å². The van der Waals surface area contributed by atoms with E-state index in [0.717, 1.165) is 47.0 Å². The van der Waals surface area contributed by atoms with E-state index in [4.69, 9.17) is 19.7 Å². The Hall–Kier alpha value is -3.67. The second-order valence-corrected chi connectivity index (χ2v) is 12.6. The van der Waals surface area contributed by atoms with Gasteiger partial charge in [-0.15, -0.1) is 0 Å². The van der Waals surface area contributed by atoms with Gasteiger partial charge in [0.05, 0.1) is 37.8 Å². The number of sulfone groups is 1.